The fourth-order valence-corrected chi connectivity index (χ4v) is 4.74. The third-order valence-corrected chi connectivity index (χ3v) is 6.78. The van der Waals surface area contributed by atoms with Crippen LogP contribution in [0, 0.1) is 0 Å². The summed E-state index contributed by atoms with van der Waals surface area (Å²) in [5.41, 5.74) is 0. The summed E-state index contributed by atoms with van der Waals surface area (Å²) in [7, 11) is 0. The van der Waals surface area contributed by atoms with Crippen LogP contribution in [0.3, 0.4) is 0 Å². The molecule has 170 valence electrons. The van der Waals surface area contributed by atoms with Gasteiger partial charge in [-0.05, 0) is 31.4 Å². The zero-order valence-corrected chi connectivity index (χ0v) is 18.6. The standard InChI is InChI=1S/C23H36N6O2/c30-22(29-18-16-27(17-19-29)21-6-2-3-8-24-21)7-11-25-12-14-26(15-13-25)20-23(31)28-9-4-1-5-10-28/h2-3,6,8H,1,4-5,7,9-20H2. The van der Waals surface area contributed by atoms with E-state index in [4.69, 9.17) is 0 Å². The van der Waals surface area contributed by atoms with Crippen LogP contribution in [-0.2, 0) is 9.59 Å². The van der Waals surface area contributed by atoms with Crippen molar-refractivity contribution in [3.8, 4) is 0 Å². The van der Waals surface area contributed by atoms with Crippen LogP contribution in [0.5, 0.6) is 0 Å². The topological polar surface area (TPSA) is 63.2 Å². The molecule has 1 aromatic heterocycles. The fourth-order valence-electron chi connectivity index (χ4n) is 4.74. The summed E-state index contributed by atoms with van der Waals surface area (Å²) in [6, 6.07) is 5.95. The Morgan fingerprint density at radius 2 is 1.42 bits per heavy atom. The van der Waals surface area contributed by atoms with Gasteiger partial charge in [-0.1, -0.05) is 6.07 Å². The van der Waals surface area contributed by atoms with Gasteiger partial charge in [-0.3, -0.25) is 14.5 Å². The highest BCUT2D eigenvalue weighted by Crippen LogP contribution is 2.14. The smallest absolute Gasteiger partial charge is 0.236 e. The Hall–Kier alpha value is -2.19. The number of piperazine rings is 2. The minimum atomic E-state index is 0.253. The van der Waals surface area contributed by atoms with Crippen molar-refractivity contribution in [1.29, 1.82) is 0 Å². The normalized spacial score (nSPS) is 21.4. The van der Waals surface area contributed by atoms with Gasteiger partial charge in [0.1, 0.15) is 5.82 Å². The van der Waals surface area contributed by atoms with E-state index >= 15 is 0 Å². The first-order valence-electron chi connectivity index (χ1n) is 11.9. The molecule has 3 aliphatic rings. The minimum Gasteiger partial charge on any atom is -0.353 e. The van der Waals surface area contributed by atoms with Crippen molar-refractivity contribution in [2.75, 3.05) is 83.4 Å². The Morgan fingerprint density at radius 1 is 0.742 bits per heavy atom. The summed E-state index contributed by atoms with van der Waals surface area (Å²) in [4.78, 5) is 40.4. The van der Waals surface area contributed by atoms with Crippen molar-refractivity contribution in [2.45, 2.75) is 25.7 Å². The number of carbonyl (C=O) groups is 2. The third-order valence-electron chi connectivity index (χ3n) is 6.78. The predicted octanol–water partition coefficient (Wildman–Crippen LogP) is 0.750. The van der Waals surface area contributed by atoms with Gasteiger partial charge in [0.2, 0.25) is 11.8 Å². The second kappa shape index (κ2) is 10.9. The Kier molecular flexibility index (Phi) is 7.75. The number of hydrogen-bond acceptors (Lipinski definition) is 6. The van der Waals surface area contributed by atoms with Crippen molar-refractivity contribution in [2.24, 2.45) is 0 Å². The van der Waals surface area contributed by atoms with Crippen LogP contribution in [0.1, 0.15) is 25.7 Å². The lowest BCUT2D eigenvalue weighted by Crippen LogP contribution is -2.52. The van der Waals surface area contributed by atoms with Gasteiger partial charge < -0.3 is 19.6 Å². The molecule has 0 aromatic carbocycles. The third kappa shape index (κ3) is 6.17. The summed E-state index contributed by atoms with van der Waals surface area (Å²) < 4.78 is 0. The predicted molar refractivity (Wildman–Crippen MR) is 121 cm³/mol. The molecule has 3 saturated heterocycles. The molecule has 0 spiro atoms. The van der Waals surface area contributed by atoms with Crippen LogP contribution in [0.2, 0.25) is 0 Å². The molecule has 0 radical (unpaired) electrons. The molecule has 3 aliphatic heterocycles. The lowest BCUT2D eigenvalue weighted by molar-refractivity contribution is -0.133. The number of pyridine rings is 1. The van der Waals surface area contributed by atoms with Gasteiger partial charge >= 0.3 is 0 Å². The first kappa shape index (κ1) is 22.0. The van der Waals surface area contributed by atoms with Gasteiger partial charge in [0, 0.05) is 84.6 Å². The Balaban J connectivity index is 1.12. The molecule has 0 atom stereocenters. The summed E-state index contributed by atoms with van der Waals surface area (Å²) in [6.45, 7) is 10.1. The first-order valence-corrected chi connectivity index (χ1v) is 11.9. The fraction of sp³-hybridized carbons (Fsp3) is 0.696. The first-order chi connectivity index (χ1) is 15.2. The molecule has 8 heteroatoms. The summed E-state index contributed by atoms with van der Waals surface area (Å²) in [5, 5.41) is 0. The number of nitrogens with zero attached hydrogens (tertiary/aromatic N) is 6. The second-order valence-electron chi connectivity index (χ2n) is 8.87. The molecule has 0 N–H and O–H groups in total. The molecule has 0 bridgehead atoms. The van der Waals surface area contributed by atoms with Crippen molar-refractivity contribution in [3.05, 3.63) is 24.4 Å². The Bertz CT molecular complexity index is 708. The van der Waals surface area contributed by atoms with Gasteiger partial charge in [0.15, 0.2) is 0 Å². The largest absolute Gasteiger partial charge is 0.353 e. The van der Waals surface area contributed by atoms with Crippen molar-refractivity contribution >= 4 is 17.6 Å². The van der Waals surface area contributed by atoms with Gasteiger partial charge in [-0.2, -0.15) is 0 Å². The lowest BCUT2D eigenvalue weighted by Gasteiger charge is -2.37. The van der Waals surface area contributed by atoms with E-state index in [-0.39, 0.29) is 11.8 Å². The highest BCUT2D eigenvalue weighted by atomic mass is 16.2. The quantitative estimate of drug-likeness (QED) is 0.666. The van der Waals surface area contributed by atoms with Crippen molar-refractivity contribution in [3.63, 3.8) is 0 Å². The van der Waals surface area contributed by atoms with Crippen LogP contribution in [-0.4, -0.2) is 115 Å². The van der Waals surface area contributed by atoms with Gasteiger partial charge in [0.25, 0.3) is 0 Å². The summed E-state index contributed by atoms with van der Waals surface area (Å²) >= 11 is 0. The molecule has 4 rings (SSSR count). The van der Waals surface area contributed by atoms with E-state index in [1.54, 1.807) is 0 Å². The molecule has 31 heavy (non-hydrogen) atoms. The Morgan fingerprint density at radius 3 is 2.10 bits per heavy atom. The van der Waals surface area contributed by atoms with E-state index in [1.165, 1.54) is 6.42 Å². The summed E-state index contributed by atoms with van der Waals surface area (Å²) in [6.07, 6.45) is 5.94. The van der Waals surface area contributed by atoms with Crippen LogP contribution in [0.15, 0.2) is 24.4 Å². The van der Waals surface area contributed by atoms with E-state index in [0.29, 0.717) is 13.0 Å². The molecule has 0 aliphatic carbocycles. The average Bonchev–Trinajstić information content (AvgIpc) is 2.84. The van der Waals surface area contributed by atoms with Crippen molar-refractivity contribution in [1.82, 2.24) is 24.6 Å². The maximum absolute atomic E-state index is 12.7. The van der Waals surface area contributed by atoms with Crippen LogP contribution in [0.4, 0.5) is 5.82 Å². The number of aromatic nitrogens is 1. The molecule has 0 unspecified atom stereocenters. The maximum atomic E-state index is 12.7. The highest BCUT2D eigenvalue weighted by molar-refractivity contribution is 5.78. The van der Waals surface area contributed by atoms with Crippen molar-refractivity contribution < 1.29 is 9.59 Å². The molecular weight excluding hydrogens is 392 g/mol. The number of likely N-dealkylation sites (tertiary alicyclic amines) is 1. The molecule has 4 heterocycles. The molecule has 0 saturated carbocycles. The zero-order chi connectivity index (χ0) is 21.5. The van der Waals surface area contributed by atoms with E-state index < -0.39 is 0 Å². The molecular formula is C23H36N6O2. The zero-order valence-electron chi connectivity index (χ0n) is 18.6. The molecule has 8 nitrogen and oxygen atoms in total. The summed E-state index contributed by atoms with van der Waals surface area (Å²) in [5.74, 6) is 1.53. The maximum Gasteiger partial charge on any atom is 0.236 e. The van der Waals surface area contributed by atoms with E-state index in [1.807, 2.05) is 34.2 Å². The number of rotatable bonds is 6. The SMILES string of the molecule is O=C(CCN1CCN(CC(=O)N2CCCCC2)CC1)N1CCN(c2ccccn2)CC1. The van der Waals surface area contributed by atoms with Crippen LogP contribution in [0.25, 0.3) is 0 Å². The second-order valence-corrected chi connectivity index (χ2v) is 8.87. The molecule has 3 fully saturated rings. The van der Waals surface area contributed by atoms with Crippen LogP contribution >= 0.6 is 0 Å². The number of piperidine rings is 1. The minimum absolute atomic E-state index is 0.253. The van der Waals surface area contributed by atoms with E-state index in [0.717, 1.165) is 90.7 Å². The number of amides is 2. The lowest BCUT2D eigenvalue weighted by atomic mass is 10.1. The molecule has 1 aromatic rings. The number of carbonyl (C=O) groups excluding carboxylic acids is 2. The highest BCUT2D eigenvalue weighted by Gasteiger charge is 2.25. The van der Waals surface area contributed by atoms with Gasteiger partial charge in [-0.25, -0.2) is 4.98 Å². The van der Waals surface area contributed by atoms with Crippen LogP contribution < -0.4 is 4.90 Å². The monoisotopic (exact) mass is 428 g/mol. The molecule has 2 amide bonds. The average molecular weight is 429 g/mol. The van der Waals surface area contributed by atoms with Gasteiger partial charge in [0.05, 0.1) is 6.54 Å². The van der Waals surface area contributed by atoms with Gasteiger partial charge in [-0.15, -0.1) is 0 Å². The Labute approximate surface area is 185 Å². The number of hydrogen-bond donors (Lipinski definition) is 0. The number of anilines is 1. The van der Waals surface area contributed by atoms with E-state index in [9.17, 15) is 9.59 Å². The van der Waals surface area contributed by atoms with E-state index in [2.05, 4.69) is 19.7 Å².